The molecule has 1 fully saturated rings. The minimum Gasteiger partial charge on any atom is -0.450 e. The van der Waals surface area contributed by atoms with Gasteiger partial charge in [0, 0.05) is 25.7 Å². The van der Waals surface area contributed by atoms with E-state index in [0.717, 1.165) is 0 Å². The number of hydrogen-bond donors (Lipinski definition) is 2. The largest absolute Gasteiger partial charge is 0.450 e. The Morgan fingerprint density at radius 1 is 1.16 bits per heavy atom. The Balaban J connectivity index is 1.72. The summed E-state index contributed by atoms with van der Waals surface area (Å²) in [6, 6.07) is 5.50. The van der Waals surface area contributed by atoms with Crippen molar-refractivity contribution in [1.82, 2.24) is 15.5 Å². The maximum absolute atomic E-state index is 12.8. The van der Waals surface area contributed by atoms with Crippen molar-refractivity contribution in [3.8, 4) is 0 Å². The van der Waals surface area contributed by atoms with Crippen LogP contribution in [-0.4, -0.2) is 48.5 Å². The normalized spacial score (nSPS) is 14.7. The summed E-state index contributed by atoms with van der Waals surface area (Å²) < 4.78 is 17.7. The first-order chi connectivity index (χ1) is 12.0. The van der Waals surface area contributed by atoms with Gasteiger partial charge in [-0.15, -0.1) is 0 Å². The van der Waals surface area contributed by atoms with Crippen molar-refractivity contribution in [1.29, 1.82) is 0 Å². The van der Waals surface area contributed by atoms with Crippen LogP contribution in [0.5, 0.6) is 0 Å². The lowest BCUT2D eigenvalue weighted by molar-refractivity contribution is -0.139. The number of carbonyl (C=O) groups is 3. The second-order valence-corrected chi connectivity index (χ2v) is 5.74. The van der Waals surface area contributed by atoms with E-state index in [1.807, 2.05) is 0 Å². The number of carbonyl (C=O) groups excluding carboxylic acids is 3. The maximum atomic E-state index is 12.8. The number of amides is 3. The number of likely N-dealkylation sites (tertiary alicyclic amines) is 1. The summed E-state index contributed by atoms with van der Waals surface area (Å²) >= 11 is 0. The number of nitrogens with one attached hydrogen (secondary N) is 2. The Kier molecular flexibility index (Phi) is 6.73. The molecule has 0 spiro atoms. The molecule has 0 unspecified atom stereocenters. The zero-order chi connectivity index (χ0) is 18.2. The second-order valence-electron chi connectivity index (χ2n) is 5.74. The molecule has 1 aliphatic heterocycles. The maximum Gasteiger partial charge on any atom is 0.409 e. The van der Waals surface area contributed by atoms with Gasteiger partial charge < -0.3 is 20.3 Å². The molecule has 7 nitrogen and oxygen atoms in total. The first kappa shape index (κ1) is 18.7. The smallest absolute Gasteiger partial charge is 0.409 e. The first-order valence-corrected chi connectivity index (χ1v) is 8.24. The predicted octanol–water partition coefficient (Wildman–Crippen LogP) is 1.18. The van der Waals surface area contributed by atoms with Gasteiger partial charge >= 0.3 is 17.9 Å². The summed E-state index contributed by atoms with van der Waals surface area (Å²) in [5.74, 6) is -1.81. The van der Waals surface area contributed by atoms with Gasteiger partial charge in [0.25, 0.3) is 0 Å². The van der Waals surface area contributed by atoms with Gasteiger partial charge in [0.05, 0.1) is 6.61 Å². The van der Waals surface area contributed by atoms with Crippen LogP contribution >= 0.6 is 0 Å². The molecule has 0 aromatic heterocycles. The van der Waals surface area contributed by atoms with E-state index in [-0.39, 0.29) is 24.5 Å². The standard InChI is InChI=1S/C17H22FN3O4/c1-2-25-17(24)21-9-7-14(8-10-21)20-16(23)15(22)19-11-12-3-5-13(18)6-4-12/h3-6,14H,2,7-11H2,1H3,(H,19,22)(H,20,23). The topological polar surface area (TPSA) is 87.7 Å². The van der Waals surface area contributed by atoms with Crippen molar-refractivity contribution in [3.05, 3.63) is 35.6 Å². The van der Waals surface area contributed by atoms with Gasteiger partial charge in [-0.3, -0.25) is 9.59 Å². The van der Waals surface area contributed by atoms with Crippen LogP contribution < -0.4 is 10.6 Å². The lowest BCUT2D eigenvalue weighted by Crippen LogP contribution is -2.50. The lowest BCUT2D eigenvalue weighted by atomic mass is 10.1. The van der Waals surface area contributed by atoms with Gasteiger partial charge in [0.2, 0.25) is 0 Å². The Bertz CT molecular complexity index is 613. The molecule has 2 N–H and O–H groups in total. The highest BCUT2D eigenvalue weighted by Crippen LogP contribution is 2.11. The van der Waals surface area contributed by atoms with Crippen LogP contribution in [0.3, 0.4) is 0 Å². The Labute approximate surface area is 145 Å². The molecule has 1 saturated heterocycles. The zero-order valence-electron chi connectivity index (χ0n) is 14.1. The van der Waals surface area contributed by atoms with Crippen LogP contribution in [0.4, 0.5) is 9.18 Å². The van der Waals surface area contributed by atoms with E-state index in [2.05, 4.69) is 10.6 Å². The quantitative estimate of drug-likeness (QED) is 0.798. The summed E-state index contributed by atoms with van der Waals surface area (Å²) in [5.41, 5.74) is 0.699. The van der Waals surface area contributed by atoms with E-state index in [9.17, 15) is 18.8 Å². The first-order valence-electron chi connectivity index (χ1n) is 8.24. The molecule has 3 amide bonds. The molecular weight excluding hydrogens is 329 g/mol. The molecule has 0 bridgehead atoms. The van der Waals surface area contributed by atoms with Crippen molar-refractivity contribution >= 4 is 17.9 Å². The second kappa shape index (κ2) is 9.00. The molecule has 1 aliphatic rings. The van der Waals surface area contributed by atoms with Crippen molar-refractivity contribution in [2.45, 2.75) is 32.4 Å². The predicted molar refractivity (Wildman–Crippen MR) is 88.0 cm³/mol. The fourth-order valence-electron chi connectivity index (χ4n) is 2.54. The summed E-state index contributed by atoms with van der Waals surface area (Å²) in [4.78, 5) is 36.9. The molecule has 2 rings (SSSR count). The minimum absolute atomic E-state index is 0.147. The van der Waals surface area contributed by atoms with Gasteiger partial charge in [-0.1, -0.05) is 12.1 Å². The Hall–Kier alpha value is -2.64. The third-order valence-corrected chi connectivity index (χ3v) is 3.93. The summed E-state index contributed by atoms with van der Waals surface area (Å²) in [7, 11) is 0. The number of hydrogen-bond acceptors (Lipinski definition) is 4. The molecule has 8 heteroatoms. The number of nitrogens with zero attached hydrogens (tertiary/aromatic N) is 1. The molecular formula is C17H22FN3O4. The number of halogens is 1. The SMILES string of the molecule is CCOC(=O)N1CCC(NC(=O)C(=O)NCc2ccc(F)cc2)CC1. The molecule has 0 radical (unpaired) electrons. The molecule has 1 aromatic rings. The van der Waals surface area contributed by atoms with Gasteiger partial charge in [-0.05, 0) is 37.5 Å². The zero-order valence-corrected chi connectivity index (χ0v) is 14.1. The highest BCUT2D eigenvalue weighted by Gasteiger charge is 2.26. The third kappa shape index (κ3) is 5.74. The molecule has 0 aliphatic carbocycles. The van der Waals surface area contributed by atoms with E-state index in [4.69, 9.17) is 4.74 Å². The molecule has 1 aromatic carbocycles. The average Bonchev–Trinajstić information content (AvgIpc) is 2.61. The number of piperidine rings is 1. The Morgan fingerprint density at radius 2 is 1.80 bits per heavy atom. The van der Waals surface area contributed by atoms with E-state index in [0.29, 0.717) is 38.1 Å². The van der Waals surface area contributed by atoms with Crippen molar-refractivity contribution < 1.29 is 23.5 Å². The summed E-state index contributed by atoms with van der Waals surface area (Å²) in [5, 5.41) is 5.16. The molecule has 25 heavy (non-hydrogen) atoms. The van der Waals surface area contributed by atoms with Gasteiger partial charge in [0.1, 0.15) is 5.82 Å². The van der Waals surface area contributed by atoms with Gasteiger partial charge in [0.15, 0.2) is 0 Å². The van der Waals surface area contributed by atoms with Crippen LogP contribution in [0.15, 0.2) is 24.3 Å². The minimum atomic E-state index is -0.739. The van der Waals surface area contributed by atoms with Crippen LogP contribution in [0.25, 0.3) is 0 Å². The number of rotatable bonds is 4. The van der Waals surface area contributed by atoms with E-state index in [1.54, 1.807) is 24.0 Å². The van der Waals surface area contributed by atoms with Crippen molar-refractivity contribution in [2.24, 2.45) is 0 Å². The molecule has 1 heterocycles. The summed E-state index contributed by atoms with van der Waals surface area (Å²) in [6.45, 7) is 3.16. The summed E-state index contributed by atoms with van der Waals surface area (Å²) in [6.07, 6.45) is 0.773. The van der Waals surface area contributed by atoms with Crippen molar-refractivity contribution in [3.63, 3.8) is 0 Å². The van der Waals surface area contributed by atoms with Crippen molar-refractivity contribution in [2.75, 3.05) is 19.7 Å². The highest BCUT2D eigenvalue weighted by atomic mass is 19.1. The third-order valence-electron chi connectivity index (χ3n) is 3.93. The molecule has 0 saturated carbocycles. The van der Waals surface area contributed by atoms with E-state index < -0.39 is 11.8 Å². The molecule has 136 valence electrons. The van der Waals surface area contributed by atoms with E-state index in [1.165, 1.54) is 12.1 Å². The van der Waals surface area contributed by atoms with Crippen LogP contribution in [0.2, 0.25) is 0 Å². The van der Waals surface area contributed by atoms with Gasteiger partial charge in [-0.25, -0.2) is 9.18 Å². The Morgan fingerprint density at radius 3 is 2.40 bits per heavy atom. The van der Waals surface area contributed by atoms with Crippen LogP contribution in [0, 0.1) is 5.82 Å². The average molecular weight is 351 g/mol. The fraction of sp³-hybridized carbons (Fsp3) is 0.471. The lowest BCUT2D eigenvalue weighted by Gasteiger charge is -2.31. The number of ether oxygens (including phenoxy) is 1. The van der Waals surface area contributed by atoms with Gasteiger partial charge in [-0.2, -0.15) is 0 Å². The van der Waals surface area contributed by atoms with Crippen LogP contribution in [-0.2, 0) is 20.9 Å². The van der Waals surface area contributed by atoms with E-state index >= 15 is 0 Å². The number of benzene rings is 1. The molecule has 0 atom stereocenters. The van der Waals surface area contributed by atoms with Crippen LogP contribution in [0.1, 0.15) is 25.3 Å². The fourth-order valence-corrected chi connectivity index (χ4v) is 2.54. The highest BCUT2D eigenvalue weighted by molar-refractivity contribution is 6.35. The monoisotopic (exact) mass is 351 g/mol.